The molecule has 1 heterocycles. The predicted molar refractivity (Wildman–Crippen MR) is 93.5 cm³/mol. The zero-order valence-electron chi connectivity index (χ0n) is 14.8. The van der Waals surface area contributed by atoms with E-state index in [-0.39, 0.29) is 10.8 Å². The number of benzene rings is 1. The van der Waals surface area contributed by atoms with Crippen LogP contribution in [0.3, 0.4) is 0 Å². The van der Waals surface area contributed by atoms with Gasteiger partial charge < -0.3 is 5.11 Å². The first-order valence-electron chi connectivity index (χ1n) is 7.82. The van der Waals surface area contributed by atoms with Gasteiger partial charge in [0.2, 0.25) is 0 Å². The molecule has 0 bridgehead atoms. The fourth-order valence-corrected chi connectivity index (χ4v) is 2.70. The van der Waals surface area contributed by atoms with Crippen LogP contribution < -0.4 is 0 Å². The van der Waals surface area contributed by atoms with Crippen molar-refractivity contribution in [3.8, 4) is 17.0 Å². The second-order valence-corrected chi connectivity index (χ2v) is 8.09. The Balaban J connectivity index is 2.80. The molecule has 0 aliphatic carbocycles. The Morgan fingerprint density at radius 3 is 1.82 bits per heavy atom. The van der Waals surface area contributed by atoms with Crippen molar-refractivity contribution in [2.75, 3.05) is 0 Å². The fraction of sp³-hybridized carbons (Fsp3) is 0.450. The quantitative estimate of drug-likeness (QED) is 0.769. The van der Waals surface area contributed by atoms with E-state index in [0.717, 1.165) is 27.9 Å². The van der Waals surface area contributed by atoms with E-state index in [2.05, 4.69) is 71.6 Å². The molecule has 22 heavy (non-hydrogen) atoms. The third-order valence-corrected chi connectivity index (χ3v) is 4.01. The number of hydrogen-bond acceptors (Lipinski definition) is 2. The molecule has 0 atom stereocenters. The van der Waals surface area contributed by atoms with Gasteiger partial charge in [0.1, 0.15) is 5.75 Å². The van der Waals surface area contributed by atoms with Crippen LogP contribution in [0.4, 0.5) is 0 Å². The van der Waals surface area contributed by atoms with Gasteiger partial charge in [-0.1, -0.05) is 47.6 Å². The molecule has 2 aromatic rings. The minimum atomic E-state index is -0.122. The molecule has 0 saturated carbocycles. The van der Waals surface area contributed by atoms with Crippen LogP contribution >= 0.6 is 0 Å². The largest absolute Gasteiger partial charge is 0.507 e. The van der Waals surface area contributed by atoms with Crippen LogP contribution in [0.1, 0.15) is 58.2 Å². The number of phenolic OH excluding ortho intramolecular Hbond substituents is 1. The molecule has 0 fully saturated rings. The Hall–Kier alpha value is -1.83. The van der Waals surface area contributed by atoms with Gasteiger partial charge in [-0.15, -0.1) is 0 Å². The van der Waals surface area contributed by atoms with E-state index in [1.807, 2.05) is 12.3 Å². The van der Waals surface area contributed by atoms with Gasteiger partial charge in [0, 0.05) is 22.9 Å². The number of hydrogen-bond donors (Lipinski definition) is 1. The Morgan fingerprint density at radius 1 is 0.909 bits per heavy atom. The van der Waals surface area contributed by atoms with Crippen LogP contribution in [0.25, 0.3) is 11.3 Å². The number of phenols is 1. The van der Waals surface area contributed by atoms with Crippen molar-refractivity contribution in [3.05, 3.63) is 47.2 Å². The lowest BCUT2D eigenvalue weighted by atomic mass is 9.78. The minimum Gasteiger partial charge on any atom is -0.507 e. The van der Waals surface area contributed by atoms with Crippen LogP contribution in [-0.2, 0) is 10.8 Å². The summed E-state index contributed by atoms with van der Waals surface area (Å²) in [5, 5.41) is 10.8. The first-order valence-corrected chi connectivity index (χ1v) is 7.82. The maximum Gasteiger partial charge on any atom is 0.123 e. The molecule has 0 unspecified atom stereocenters. The number of pyridine rings is 1. The summed E-state index contributed by atoms with van der Waals surface area (Å²) < 4.78 is 0. The third kappa shape index (κ3) is 3.16. The van der Waals surface area contributed by atoms with Crippen molar-refractivity contribution in [1.82, 2.24) is 4.98 Å². The van der Waals surface area contributed by atoms with Gasteiger partial charge in [0.05, 0.1) is 5.69 Å². The van der Waals surface area contributed by atoms with Crippen LogP contribution in [0.15, 0.2) is 30.5 Å². The standard InChI is InChI=1S/C20H27NO/c1-13-9-8-10-21-17(13)14-11-15(19(2,3)4)18(22)16(12-14)20(5,6)7/h8-12,22H,1-7H3. The number of rotatable bonds is 1. The van der Waals surface area contributed by atoms with Crippen molar-refractivity contribution in [1.29, 1.82) is 0 Å². The highest BCUT2D eigenvalue weighted by molar-refractivity contribution is 5.68. The average molecular weight is 297 g/mol. The summed E-state index contributed by atoms with van der Waals surface area (Å²) in [6.45, 7) is 14.8. The molecule has 0 aliphatic heterocycles. The first kappa shape index (κ1) is 16.5. The van der Waals surface area contributed by atoms with Gasteiger partial charge in [-0.25, -0.2) is 0 Å². The van der Waals surface area contributed by atoms with E-state index >= 15 is 0 Å². The summed E-state index contributed by atoms with van der Waals surface area (Å²) in [5.74, 6) is 0.414. The van der Waals surface area contributed by atoms with Crippen molar-refractivity contribution in [2.45, 2.75) is 59.3 Å². The lowest BCUT2D eigenvalue weighted by Gasteiger charge is -2.28. The van der Waals surface area contributed by atoms with Gasteiger partial charge in [-0.3, -0.25) is 4.98 Å². The topological polar surface area (TPSA) is 33.1 Å². The lowest BCUT2D eigenvalue weighted by Crippen LogP contribution is -2.17. The predicted octanol–water partition coefficient (Wildman–Crippen LogP) is 5.36. The molecule has 1 N–H and O–H groups in total. The normalized spacial score (nSPS) is 12.5. The van der Waals surface area contributed by atoms with Crippen molar-refractivity contribution in [2.24, 2.45) is 0 Å². The summed E-state index contributed by atoms with van der Waals surface area (Å²) >= 11 is 0. The number of aromatic nitrogens is 1. The molecule has 0 aliphatic rings. The monoisotopic (exact) mass is 297 g/mol. The Morgan fingerprint density at radius 2 is 1.41 bits per heavy atom. The Kier molecular flexibility index (Phi) is 4.08. The highest BCUT2D eigenvalue weighted by atomic mass is 16.3. The van der Waals surface area contributed by atoms with Gasteiger partial charge in [0.25, 0.3) is 0 Å². The van der Waals surface area contributed by atoms with Crippen LogP contribution in [0, 0.1) is 6.92 Å². The maximum atomic E-state index is 10.8. The molecule has 2 heteroatoms. The van der Waals surface area contributed by atoms with Crippen LogP contribution in [-0.4, -0.2) is 10.1 Å². The molecule has 1 aromatic carbocycles. The number of aryl methyl sites for hydroxylation is 1. The average Bonchev–Trinajstić information content (AvgIpc) is 2.37. The molecule has 0 saturated heterocycles. The highest BCUT2D eigenvalue weighted by Crippen LogP contribution is 2.41. The van der Waals surface area contributed by atoms with Crippen molar-refractivity contribution >= 4 is 0 Å². The molecular weight excluding hydrogens is 270 g/mol. The van der Waals surface area contributed by atoms with E-state index in [1.54, 1.807) is 0 Å². The summed E-state index contributed by atoms with van der Waals surface area (Å²) in [4.78, 5) is 4.54. The SMILES string of the molecule is Cc1cccnc1-c1cc(C(C)(C)C)c(O)c(C(C)(C)C)c1. The van der Waals surface area contributed by atoms with Crippen LogP contribution in [0.2, 0.25) is 0 Å². The summed E-state index contributed by atoms with van der Waals surface area (Å²) in [7, 11) is 0. The zero-order valence-corrected chi connectivity index (χ0v) is 14.8. The molecule has 0 spiro atoms. The summed E-state index contributed by atoms with van der Waals surface area (Å²) in [5.41, 5.74) is 4.91. The molecule has 0 amide bonds. The smallest absolute Gasteiger partial charge is 0.123 e. The molecule has 2 nitrogen and oxygen atoms in total. The second kappa shape index (κ2) is 5.42. The van der Waals surface area contributed by atoms with Gasteiger partial charge in [-0.05, 0) is 41.5 Å². The van der Waals surface area contributed by atoms with E-state index in [1.165, 1.54) is 0 Å². The molecule has 1 aromatic heterocycles. The summed E-state index contributed by atoms with van der Waals surface area (Å²) in [6, 6.07) is 8.19. The van der Waals surface area contributed by atoms with Gasteiger partial charge in [0.15, 0.2) is 0 Å². The number of aromatic hydroxyl groups is 1. The van der Waals surface area contributed by atoms with E-state index in [4.69, 9.17) is 0 Å². The van der Waals surface area contributed by atoms with Crippen molar-refractivity contribution in [3.63, 3.8) is 0 Å². The minimum absolute atomic E-state index is 0.122. The first-order chi connectivity index (χ1) is 10.0. The highest BCUT2D eigenvalue weighted by Gasteiger charge is 2.27. The number of nitrogens with zero attached hydrogens (tertiary/aromatic N) is 1. The fourth-order valence-electron chi connectivity index (χ4n) is 2.70. The molecular formula is C20H27NO. The molecule has 0 radical (unpaired) electrons. The summed E-state index contributed by atoms with van der Waals surface area (Å²) in [6.07, 6.45) is 1.82. The third-order valence-electron chi connectivity index (χ3n) is 4.01. The second-order valence-electron chi connectivity index (χ2n) is 8.09. The van der Waals surface area contributed by atoms with E-state index < -0.39 is 0 Å². The van der Waals surface area contributed by atoms with E-state index in [0.29, 0.717) is 5.75 Å². The van der Waals surface area contributed by atoms with Gasteiger partial charge >= 0.3 is 0 Å². The Labute approximate surface area is 134 Å². The van der Waals surface area contributed by atoms with Gasteiger partial charge in [-0.2, -0.15) is 0 Å². The van der Waals surface area contributed by atoms with E-state index in [9.17, 15) is 5.11 Å². The Bertz CT molecular complexity index is 653. The van der Waals surface area contributed by atoms with Crippen LogP contribution in [0.5, 0.6) is 5.75 Å². The molecule has 2 rings (SSSR count). The van der Waals surface area contributed by atoms with Crippen molar-refractivity contribution < 1.29 is 5.11 Å². The molecule has 118 valence electrons. The maximum absolute atomic E-state index is 10.8. The zero-order chi connectivity index (χ0) is 16.7. The lowest BCUT2D eigenvalue weighted by molar-refractivity contribution is 0.423.